The summed E-state index contributed by atoms with van der Waals surface area (Å²) in [5.74, 6) is 0.974. The molecule has 0 radical (unpaired) electrons. The van der Waals surface area contributed by atoms with Gasteiger partial charge in [0.05, 0.1) is 5.01 Å². The van der Waals surface area contributed by atoms with Crippen molar-refractivity contribution in [2.24, 2.45) is 0 Å². The lowest BCUT2D eigenvalue weighted by atomic mass is 10.2. The van der Waals surface area contributed by atoms with E-state index in [2.05, 4.69) is 15.1 Å². The molecule has 3 aromatic rings. The Kier molecular flexibility index (Phi) is 3.86. The SMILES string of the molecule is Cc1nc(C(=O)N2CCCC2c2nc(-c3ccccc3)no2)cs1. The molecule has 24 heavy (non-hydrogen) atoms. The number of hydrogen-bond acceptors (Lipinski definition) is 6. The topological polar surface area (TPSA) is 72.1 Å². The number of carbonyl (C=O) groups excluding carboxylic acids is 1. The Bertz CT molecular complexity index is 858. The Balaban J connectivity index is 1.59. The highest BCUT2D eigenvalue weighted by Gasteiger charge is 2.35. The van der Waals surface area contributed by atoms with Gasteiger partial charge in [0.15, 0.2) is 0 Å². The number of carbonyl (C=O) groups is 1. The van der Waals surface area contributed by atoms with Crippen molar-refractivity contribution in [1.82, 2.24) is 20.0 Å². The highest BCUT2D eigenvalue weighted by atomic mass is 32.1. The number of nitrogens with zero attached hydrogens (tertiary/aromatic N) is 4. The van der Waals surface area contributed by atoms with Gasteiger partial charge in [0.1, 0.15) is 11.7 Å². The minimum atomic E-state index is -0.176. The van der Waals surface area contributed by atoms with Crippen LogP contribution in [0.25, 0.3) is 11.4 Å². The van der Waals surface area contributed by atoms with Crippen molar-refractivity contribution in [3.05, 3.63) is 52.3 Å². The fraction of sp³-hybridized carbons (Fsp3) is 0.294. The first-order valence-corrected chi connectivity index (χ1v) is 8.72. The molecule has 1 aromatic carbocycles. The molecule has 3 heterocycles. The summed E-state index contributed by atoms with van der Waals surface area (Å²) in [5, 5.41) is 6.75. The predicted molar refractivity (Wildman–Crippen MR) is 89.6 cm³/mol. The number of hydrogen-bond donors (Lipinski definition) is 0. The van der Waals surface area contributed by atoms with Gasteiger partial charge in [0.2, 0.25) is 11.7 Å². The lowest BCUT2D eigenvalue weighted by Gasteiger charge is -2.20. The standard InChI is InChI=1S/C17H16N4O2S/c1-11-18-13(10-24-11)17(22)21-9-5-8-14(21)16-19-15(20-23-16)12-6-3-2-4-7-12/h2-4,6-7,10,14H,5,8-9H2,1H3. The number of benzene rings is 1. The van der Waals surface area contributed by atoms with E-state index in [1.54, 1.807) is 10.3 Å². The van der Waals surface area contributed by atoms with E-state index in [9.17, 15) is 4.79 Å². The number of thiazole rings is 1. The van der Waals surface area contributed by atoms with E-state index < -0.39 is 0 Å². The van der Waals surface area contributed by atoms with Crippen LogP contribution in [0.1, 0.15) is 40.3 Å². The van der Waals surface area contributed by atoms with E-state index in [1.807, 2.05) is 37.3 Å². The molecule has 7 heteroatoms. The Morgan fingerprint density at radius 1 is 1.29 bits per heavy atom. The van der Waals surface area contributed by atoms with Gasteiger partial charge in [-0.25, -0.2) is 4.98 Å². The van der Waals surface area contributed by atoms with E-state index >= 15 is 0 Å². The molecule has 0 spiro atoms. The molecule has 4 rings (SSSR count). The van der Waals surface area contributed by atoms with Gasteiger partial charge in [-0.05, 0) is 19.8 Å². The maximum atomic E-state index is 12.7. The van der Waals surface area contributed by atoms with Crippen LogP contribution < -0.4 is 0 Å². The van der Waals surface area contributed by atoms with E-state index in [1.165, 1.54) is 11.3 Å². The molecule has 0 N–H and O–H groups in total. The zero-order valence-corrected chi connectivity index (χ0v) is 14.0. The monoisotopic (exact) mass is 340 g/mol. The molecule has 1 aliphatic rings. The van der Waals surface area contributed by atoms with E-state index in [0.29, 0.717) is 24.0 Å². The third-order valence-corrected chi connectivity index (χ3v) is 4.88. The summed E-state index contributed by atoms with van der Waals surface area (Å²) in [6.45, 7) is 2.58. The molecule has 6 nitrogen and oxygen atoms in total. The van der Waals surface area contributed by atoms with Gasteiger partial charge < -0.3 is 9.42 Å². The number of aryl methyl sites for hydroxylation is 1. The van der Waals surface area contributed by atoms with E-state index in [0.717, 1.165) is 23.4 Å². The molecular formula is C17H16N4O2S. The minimum absolute atomic E-state index is 0.0682. The first-order valence-electron chi connectivity index (χ1n) is 7.84. The first-order chi connectivity index (χ1) is 11.7. The van der Waals surface area contributed by atoms with Crippen LogP contribution >= 0.6 is 11.3 Å². The molecular weight excluding hydrogens is 324 g/mol. The van der Waals surface area contributed by atoms with Crippen molar-refractivity contribution in [3.8, 4) is 11.4 Å². The fourth-order valence-electron chi connectivity index (χ4n) is 2.95. The van der Waals surface area contributed by atoms with Gasteiger partial charge in [-0.15, -0.1) is 11.3 Å². The Labute approximate surface area is 143 Å². The Morgan fingerprint density at radius 3 is 2.88 bits per heavy atom. The van der Waals surface area contributed by atoms with Crippen LogP contribution in [0.2, 0.25) is 0 Å². The average molecular weight is 340 g/mol. The number of amides is 1. The quantitative estimate of drug-likeness (QED) is 0.730. The summed E-state index contributed by atoms with van der Waals surface area (Å²) < 4.78 is 5.45. The number of aromatic nitrogens is 3. The molecule has 1 atom stereocenters. The summed E-state index contributed by atoms with van der Waals surface area (Å²) in [4.78, 5) is 23.3. The van der Waals surface area contributed by atoms with Gasteiger partial charge in [-0.3, -0.25) is 4.79 Å². The molecule has 1 fully saturated rings. The summed E-state index contributed by atoms with van der Waals surface area (Å²) >= 11 is 1.48. The molecule has 122 valence electrons. The predicted octanol–water partition coefficient (Wildman–Crippen LogP) is 3.48. The molecule has 1 amide bonds. The number of rotatable bonds is 3. The van der Waals surface area contributed by atoms with Crippen molar-refractivity contribution in [1.29, 1.82) is 0 Å². The molecule has 0 aliphatic carbocycles. The van der Waals surface area contributed by atoms with Gasteiger partial charge in [0, 0.05) is 17.5 Å². The summed E-state index contributed by atoms with van der Waals surface area (Å²) in [5.41, 5.74) is 1.39. The highest BCUT2D eigenvalue weighted by Crippen LogP contribution is 2.33. The third-order valence-electron chi connectivity index (χ3n) is 4.11. The smallest absolute Gasteiger partial charge is 0.274 e. The third kappa shape index (κ3) is 2.71. The second-order valence-corrected chi connectivity index (χ2v) is 6.79. The second kappa shape index (κ2) is 6.16. The van der Waals surface area contributed by atoms with Gasteiger partial charge in [-0.2, -0.15) is 4.98 Å². The normalized spacial score (nSPS) is 17.4. The highest BCUT2D eigenvalue weighted by molar-refractivity contribution is 7.09. The van der Waals surface area contributed by atoms with Gasteiger partial charge in [-0.1, -0.05) is 35.5 Å². The van der Waals surface area contributed by atoms with Gasteiger partial charge in [0.25, 0.3) is 5.91 Å². The number of likely N-dealkylation sites (tertiary alicyclic amines) is 1. The summed E-state index contributed by atoms with van der Waals surface area (Å²) in [6.07, 6.45) is 1.74. The zero-order chi connectivity index (χ0) is 16.5. The zero-order valence-electron chi connectivity index (χ0n) is 13.2. The fourth-order valence-corrected chi connectivity index (χ4v) is 3.54. The van der Waals surface area contributed by atoms with Crippen LogP contribution in [0, 0.1) is 6.92 Å². The molecule has 1 saturated heterocycles. The summed E-state index contributed by atoms with van der Waals surface area (Å²) in [6, 6.07) is 9.50. The maximum Gasteiger partial charge on any atom is 0.274 e. The van der Waals surface area contributed by atoms with Crippen molar-refractivity contribution in [2.75, 3.05) is 6.54 Å². The van der Waals surface area contributed by atoms with Crippen molar-refractivity contribution in [2.45, 2.75) is 25.8 Å². The minimum Gasteiger partial charge on any atom is -0.337 e. The molecule has 2 aromatic heterocycles. The van der Waals surface area contributed by atoms with Crippen LogP contribution in [0.4, 0.5) is 0 Å². The second-order valence-electron chi connectivity index (χ2n) is 5.73. The molecule has 1 aliphatic heterocycles. The van der Waals surface area contributed by atoms with Crippen LogP contribution in [0.5, 0.6) is 0 Å². The van der Waals surface area contributed by atoms with Crippen molar-refractivity contribution >= 4 is 17.2 Å². The molecule has 0 bridgehead atoms. The van der Waals surface area contributed by atoms with E-state index in [4.69, 9.17) is 4.52 Å². The molecule has 1 unspecified atom stereocenters. The van der Waals surface area contributed by atoms with Crippen LogP contribution in [-0.2, 0) is 0 Å². The Hall–Kier alpha value is -2.54. The van der Waals surface area contributed by atoms with Gasteiger partial charge >= 0.3 is 0 Å². The van der Waals surface area contributed by atoms with Crippen molar-refractivity contribution in [3.63, 3.8) is 0 Å². The largest absolute Gasteiger partial charge is 0.337 e. The lowest BCUT2D eigenvalue weighted by Crippen LogP contribution is -2.31. The lowest BCUT2D eigenvalue weighted by molar-refractivity contribution is 0.0705. The summed E-state index contributed by atoms with van der Waals surface area (Å²) in [7, 11) is 0. The first kappa shape index (κ1) is 15.0. The average Bonchev–Trinajstić information content (AvgIpc) is 3.34. The van der Waals surface area contributed by atoms with Crippen LogP contribution in [0.15, 0.2) is 40.2 Å². The molecule has 0 saturated carbocycles. The van der Waals surface area contributed by atoms with Crippen LogP contribution in [0.3, 0.4) is 0 Å². The van der Waals surface area contributed by atoms with Crippen molar-refractivity contribution < 1.29 is 9.32 Å². The van der Waals surface area contributed by atoms with E-state index in [-0.39, 0.29) is 11.9 Å². The van der Waals surface area contributed by atoms with Crippen LogP contribution in [-0.4, -0.2) is 32.5 Å². The maximum absolute atomic E-state index is 12.7. The Morgan fingerprint density at radius 2 is 2.12 bits per heavy atom.